The van der Waals surface area contributed by atoms with Crippen molar-refractivity contribution in [2.45, 2.75) is 70.1 Å². The highest BCUT2D eigenvalue weighted by Crippen LogP contribution is 2.32. The first-order valence-corrected chi connectivity index (χ1v) is 18.6. The van der Waals surface area contributed by atoms with Crippen LogP contribution in [0.3, 0.4) is 0 Å². The predicted octanol–water partition coefficient (Wildman–Crippen LogP) is 5.79. The van der Waals surface area contributed by atoms with Gasteiger partial charge in [-0.2, -0.15) is 13.2 Å². The molecule has 0 N–H and O–H groups in total. The Balaban J connectivity index is 1.02. The van der Waals surface area contributed by atoms with Crippen molar-refractivity contribution >= 4 is 23.3 Å². The number of ether oxygens (including phenoxy) is 2. The molecule has 14 nitrogen and oxygen atoms in total. The van der Waals surface area contributed by atoms with Crippen LogP contribution >= 0.6 is 0 Å². The zero-order chi connectivity index (χ0) is 39.0. The van der Waals surface area contributed by atoms with Crippen LogP contribution in [0.15, 0.2) is 65.8 Å². The van der Waals surface area contributed by atoms with Crippen LogP contribution in [0, 0.1) is 0 Å². The number of likely N-dealkylation sites (N-methyl/N-ethyl adjacent to an activating group) is 1. The van der Waals surface area contributed by atoms with Gasteiger partial charge < -0.3 is 19.3 Å². The third kappa shape index (κ3) is 10.0. The molecule has 4 heterocycles. The van der Waals surface area contributed by atoms with Crippen LogP contribution < -0.4 is 19.1 Å². The molecule has 17 heteroatoms. The number of azide groups is 1. The van der Waals surface area contributed by atoms with Gasteiger partial charge in [0, 0.05) is 63.7 Å². The molecule has 0 radical (unpaired) electrons. The molecule has 2 saturated heterocycles. The van der Waals surface area contributed by atoms with Gasteiger partial charge >= 0.3 is 23.6 Å². The fourth-order valence-electron chi connectivity index (χ4n) is 7.04. The minimum atomic E-state index is -4.73. The van der Waals surface area contributed by atoms with Gasteiger partial charge in [-0.1, -0.05) is 45.4 Å². The molecule has 2 aromatic carbocycles. The second-order valence-electron chi connectivity index (χ2n) is 14.0. The predicted molar refractivity (Wildman–Crippen MR) is 197 cm³/mol. The monoisotopic (exact) mass is 763 g/mol. The van der Waals surface area contributed by atoms with Crippen LogP contribution in [0.4, 0.5) is 19.0 Å². The number of carbonyl (C=O) groups is 2. The third-order valence-corrected chi connectivity index (χ3v) is 10.2. The van der Waals surface area contributed by atoms with Crippen molar-refractivity contribution in [3.63, 3.8) is 0 Å². The first kappa shape index (κ1) is 39.3. The molecule has 0 unspecified atom stereocenters. The highest BCUT2D eigenvalue weighted by molar-refractivity contribution is 5.82. The van der Waals surface area contributed by atoms with Crippen LogP contribution in [0.1, 0.15) is 68.3 Å². The molecular formula is C38H46F3N10O4+. The van der Waals surface area contributed by atoms with Crippen LogP contribution in [-0.4, -0.2) is 95.4 Å². The summed E-state index contributed by atoms with van der Waals surface area (Å²) in [5.41, 5.74) is 10.4. The van der Waals surface area contributed by atoms with Gasteiger partial charge in [-0.25, -0.2) is 0 Å². The summed E-state index contributed by atoms with van der Waals surface area (Å²) in [6.07, 6.45) is -0.857. The van der Waals surface area contributed by atoms with Crippen molar-refractivity contribution in [3.8, 4) is 11.5 Å². The normalized spacial score (nSPS) is 17.0. The Hall–Kier alpha value is -5.41. The largest absolute Gasteiger partial charge is 0.492 e. The van der Waals surface area contributed by atoms with Crippen LogP contribution in [-0.2, 0) is 22.3 Å². The smallest absolute Gasteiger partial charge is 0.479 e. The van der Waals surface area contributed by atoms with Crippen molar-refractivity contribution in [3.05, 3.63) is 88.1 Å². The van der Waals surface area contributed by atoms with Gasteiger partial charge in [0.2, 0.25) is 5.91 Å². The number of carbonyl (C=O) groups excluding carboxylic acids is 2. The van der Waals surface area contributed by atoms with E-state index in [1.54, 1.807) is 41.3 Å². The lowest BCUT2D eigenvalue weighted by molar-refractivity contribution is -0.721. The summed E-state index contributed by atoms with van der Waals surface area (Å²) >= 11 is 0. The number of piperazine rings is 1. The van der Waals surface area contributed by atoms with E-state index in [4.69, 9.17) is 15.0 Å². The van der Waals surface area contributed by atoms with E-state index in [1.165, 1.54) is 10.2 Å². The van der Waals surface area contributed by atoms with Gasteiger partial charge in [0.15, 0.2) is 5.82 Å². The van der Waals surface area contributed by atoms with Gasteiger partial charge in [-0.3, -0.25) is 14.5 Å². The first-order valence-electron chi connectivity index (χ1n) is 18.6. The molecule has 2 aromatic heterocycles. The Morgan fingerprint density at radius 2 is 1.71 bits per heavy atom. The molecule has 4 aromatic rings. The average Bonchev–Trinajstić information content (AvgIpc) is 3.55. The average molecular weight is 764 g/mol. The molecule has 1 atom stereocenters. The lowest BCUT2D eigenvalue weighted by Gasteiger charge is -2.37. The number of fused-ring (bicyclic) bond motifs is 1. The van der Waals surface area contributed by atoms with Gasteiger partial charge in [0.05, 0.1) is 6.04 Å². The van der Waals surface area contributed by atoms with Crippen molar-refractivity contribution in [2.75, 3.05) is 57.8 Å². The number of benzene rings is 2. The molecule has 0 saturated carbocycles. The van der Waals surface area contributed by atoms with E-state index >= 15 is 0 Å². The molecule has 2 aliphatic heterocycles. The molecule has 0 aliphatic carbocycles. The minimum absolute atomic E-state index is 0.0473. The highest BCUT2D eigenvalue weighted by Gasteiger charge is 2.44. The molecule has 2 fully saturated rings. The number of unbranched alkanes of at least 4 members (excludes halogenated alkanes) is 2. The molecule has 0 spiro atoms. The Morgan fingerprint density at radius 3 is 2.42 bits per heavy atom. The van der Waals surface area contributed by atoms with E-state index in [1.807, 2.05) is 31.0 Å². The maximum atomic E-state index is 14.2. The van der Waals surface area contributed by atoms with E-state index in [2.05, 4.69) is 37.3 Å². The zero-order valence-electron chi connectivity index (χ0n) is 31.1. The second-order valence-corrected chi connectivity index (χ2v) is 14.0. The third-order valence-electron chi connectivity index (χ3n) is 10.2. The van der Waals surface area contributed by atoms with E-state index in [9.17, 15) is 22.8 Å². The number of nitrogens with zero attached hydrogens (tertiary/aromatic N) is 10. The van der Waals surface area contributed by atoms with E-state index in [0.29, 0.717) is 75.2 Å². The van der Waals surface area contributed by atoms with Crippen LogP contribution in [0.5, 0.6) is 11.5 Å². The lowest BCUT2D eigenvalue weighted by Crippen LogP contribution is -2.55. The first-order chi connectivity index (χ1) is 26.5. The molecule has 292 valence electrons. The summed E-state index contributed by atoms with van der Waals surface area (Å²) in [7, 11) is 1.83. The number of anilines is 1. The maximum absolute atomic E-state index is 14.2. The van der Waals surface area contributed by atoms with Gasteiger partial charge in [0.25, 0.3) is 0 Å². The summed E-state index contributed by atoms with van der Waals surface area (Å²) in [6, 6.07) is 17.8. The van der Waals surface area contributed by atoms with E-state index in [0.717, 1.165) is 36.1 Å². The van der Waals surface area contributed by atoms with Crippen molar-refractivity contribution in [1.82, 2.24) is 24.5 Å². The van der Waals surface area contributed by atoms with Gasteiger partial charge in [0.1, 0.15) is 24.7 Å². The standard InChI is InChI=1S/C38H46F3N10O4/c1-27-36(53)47(2)22-23-48(27)24-25-54-31-13-9-29(10-14-31)30-17-20-49(21-18-30)33-15-16-34-50(45-37(38(39,40)41)51(34)44-33)26-28-7-11-32(12-8-28)55-35(52)6-4-3-5-19-43-46-42/h7-16,27,30H,3-6,17-26H2,1-2H3/q+1/t27-/m1/s1. The fraction of sp³-hybridized carbons (Fsp3) is 0.500. The number of hydrogen-bond acceptors (Lipinski definition) is 9. The minimum Gasteiger partial charge on any atom is -0.492 e. The van der Waals surface area contributed by atoms with Crippen molar-refractivity contribution in [1.29, 1.82) is 0 Å². The number of hydrogen-bond donors (Lipinski definition) is 0. The molecule has 1 amide bonds. The second kappa shape index (κ2) is 17.8. The molecule has 0 bridgehead atoms. The Bertz CT molecular complexity index is 1980. The number of aromatic nitrogens is 4. The SMILES string of the molecule is C[C@@H]1C(=O)N(C)CCN1CCOc1ccc(C2CCN(c3ccc4n(n3)c(C(F)(F)F)n[n+]4Cc3ccc(OC(=O)CCCCCN=[N+]=[N-])cc3)CC2)cc1. The number of esters is 1. The molecule has 2 aliphatic rings. The summed E-state index contributed by atoms with van der Waals surface area (Å²) in [5.74, 6) is 0.467. The number of halogens is 3. The van der Waals surface area contributed by atoms with Crippen molar-refractivity contribution < 1.29 is 36.9 Å². The number of rotatable bonds is 15. The lowest BCUT2D eigenvalue weighted by atomic mass is 9.89. The molecule has 55 heavy (non-hydrogen) atoms. The van der Waals surface area contributed by atoms with E-state index in [-0.39, 0.29) is 30.6 Å². The van der Waals surface area contributed by atoms with Crippen LogP contribution in [0.25, 0.3) is 16.1 Å². The fourth-order valence-corrected chi connectivity index (χ4v) is 7.04. The summed E-state index contributed by atoms with van der Waals surface area (Å²) in [4.78, 5) is 33.0. The van der Waals surface area contributed by atoms with Crippen molar-refractivity contribution in [2.24, 2.45) is 5.11 Å². The van der Waals surface area contributed by atoms with E-state index < -0.39 is 18.0 Å². The summed E-state index contributed by atoms with van der Waals surface area (Å²) < 4.78 is 56.1. The number of piperidine rings is 1. The topological polar surface area (TPSA) is 145 Å². The Kier molecular flexibility index (Phi) is 12.7. The Labute approximate surface area is 317 Å². The molecule has 6 rings (SSSR count). The summed E-state index contributed by atoms with van der Waals surface area (Å²) in [6.45, 7) is 6.32. The Morgan fingerprint density at radius 1 is 0.982 bits per heavy atom. The van der Waals surface area contributed by atoms with Gasteiger partial charge in [-0.05, 0) is 90.6 Å². The molecular weight excluding hydrogens is 717 g/mol. The number of alkyl halides is 3. The zero-order valence-corrected chi connectivity index (χ0v) is 31.1. The summed E-state index contributed by atoms with van der Waals surface area (Å²) in [5, 5.41) is 11.8. The quantitative estimate of drug-likeness (QED) is 0.0282. The van der Waals surface area contributed by atoms with Crippen LogP contribution in [0.2, 0.25) is 0 Å². The van der Waals surface area contributed by atoms with Gasteiger partial charge in [-0.15, -0.1) is 4.68 Å². The maximum Gasteiger partial charge on any atom is 0.479 e. The number of amides is 1. The highest BCUT2D eigenvalue weighted by atomic mass is 19.4.